The van der Waals surface area contributed by atoms with Crippen molar-refractivity contribution in [3.05, 3.63) is 65.0 Å². The third-order valence-corrected chi connectivity index (χ3v) is 3.57. The fourth-order valence-electron chi connectivity index (χ4n) is 2.55. The van der Waals surface area contributed by atoms with E-state index in [0.29, 0.717) is 30.6 Å². The van der Waals surface area contributed by atoms with Crippen LogP contribution >= 0.6 is 0 Å². The first-order valence-corrected chi connectivity index (χ1v) is 6.56. The maximum atomic E-state index is 12.5. The van der Waals surface area contributed by atoms with Crippen molar-refractivity contribution in [2.24, 2.45) is 0 Å². The Morgan fingerprint density at radius 2 is 2.10 bits per heavy atom. The van der Waals surface area contributed by atoms with Crippen LogP contribution in [0, 0.1) is 0 Å². The maximum absolute atomic E-state index is 12.5. The summed E-state index contributed by atoms with van der Waals surface area (Å²) in [5.74, 6) is -0.0272. The smallest absolute Gasteiger partial charge is 0.254 e. The van der Waals surface area contributed by atoms with E-state index >= 15 is 0 Å². The lowest BCUT2D eigenvalue weighted by atomic mass is 9.94. The van der Waals surface area contributed by atoms with Crippen molar-refractivity contribution in [2.45, 2.75) is 13.0 Å². The molecule has 0 atom stereocenters. The molecule has 2 heterocycles. The fourth-order valence-corrected chi connectivity index (χ4v) is 2.55. The zero-order chi connectivity index (χ0) is 13.9. The summed E-state index contributed by atoms with van der Waals surface area (Å²) in [6.07, 6.45) is 3.26. The summed E-state index contributed by atoms with van der Waals surface area (Å²) in [5, 5.41) is 0. The molecule has 100 valence electrons. The van der Waals surface area contributed by atoms with Crippen LogP contribution in [-0.2, 0) is 13.0 Å². The maximum Gasteiger partial charge on any atom is 0.254 e. The van der Waals surface area contributed by atoms with Crippen LogP contribution in [0.4, 0.5) is 0 Å². The fraction of sp³-hybridized carbons (Fsp3) is 0.188. The summed E-state index contributed by atoms with van der Waals surface area (Å²) in [5.41, 5.74) is 2.99. The van der Waals surface area contributed by atoms with Crippen LogP contribution in [0.2, 0.25) is 0 Å². The van der Waals surface area contributed by atoms with Gasteiger partial charge in [0.15, 0.2) is 0 Å². The first-order valence-electron chi connectivity index (χ1n) is 6.56. The van der Waals surface area contributed by atoms with E-state index in [4.69, 9.17) is 0 Å². The van der Waals surface area contributed by atoms with E-state index in [2.05, 4.69) is 4.98 Å². The van der Waals surface area contributed by atoms with Crippen molar-refractivity contribution >= 4 is 12.2 Å². The highest BCUT2D eigenvalue weighted by Crippen LogP contribution is 2.22. The Labute approximate surface area is 117 Å². The molecule has 0 N–H and O–H groups in total. The number of aromatic nitrogens is 1. The van der Waals surface area contributed by atoms with Gasteiger partial charge < -0.3 is 4.90 Å². The Hall–Kier alpha value is -2.49. The van der Waals surface area contributed by atoms with Gasteiger partial charge in [0.25, 0.3) is 5.91 Å². The highest BCUT2D eigenvalue weighted by Gasteiger charge is 2.25. The monoisotopic (exact) mass is 266 g/mol. The number of carbonyl (C=O) groups is 2. The number of nitrogens with zero attached hydrogens (tertiary/aromatic N) is 2. The minimum Gasteiger partial charge on any atom is -0.332 e. The molecule has 1 aliphatic rings. The number of carbonyl (C=O) groups excluding carboxylic acids is 2. The Balaban J connectivity index is 1.88. The lowest BCUT2D eigenvalue weighted by Gasteiger charge is -2.29. The van der Waals surface area contributed by atoms with Gasteiger partial charge in [-0.15, -0.1) is 0 Å². The zero-order valence-corrected chi connectivity index (χ0v) is 11.0. The predicted octanol–water partition coefficient (Wildman–Crippen LogP) is 2.09. The van der Waals surface area contributed by atoms with E-state index < -0.39 is 0 Å². The van der Waals surface area contributed by atoms with Gasteiger partial charge in [0.2, 0.25) is 0 Å². The SMILES string of the molecule is O=Cc1cccc2c1CCN(Cc1ccccn1)C2=O. The van der Waals surface area contributed by atoms with Crippen LogP contribution in [0.3, 0.4) is 0 Å². The largest absolute Gasteiger partial charge is 0.332 e. The summed E-state index contributed by atoms with van der Waals surface area (Å²) in [6.45, 7) is 1.12. The Bertz CT molecular complexity index is 653. The molecule has 0 unspecified atom stereocenters. The molecule has 1 aromatic carbocycles. The summed E-state index contributed by atoms with van der Waals surface area (Å²) < 4.78 is 0. The average molecular weight is 266 g/mol. The second-order valence-corrected chi connectivity index (χ2v) is 4.79. The molecule has 1 aromatic heterocycles. The predicted molar refractivity (Wildman–Crippen MR) is 74.5 cm³/mol. The number of pyridine rings is 1. The topological polar surface area (TPSA) is 50.3 Å². The number of fused-ring (bicyclic) bond motifs is 1. The van der Waals surface area contributed by atoms with Gasteiger partial charge in [-0.25, -0.2) is 0 Å². The van der Waals surface area contributed by atoms with Gasteiger partial charge in [0, 0.05) is 23.9 Å². The van der Waals surface area contributed by atoms with Gasteiger partial charge in [0.05, 0.1) is 12.2 Å². The van der Waals surface area contributed by atoms with Crippen LogP contribution < -0.4 is 0 Å². The van der Waals surface area contributed by atoms with Gasteiger partial charge >= 0.3 is 0 Å². The molecule has 0 saturated carbocycles. The molecule has 1 amide bonds. The van der Waals surface area contributed by atoms with Crippen LogP contribution in [0.5, 0.6) is 0 Å². The molecule has 1 aliphatic heterocycles. The van der Waals surface area contributed by atoms with Gasteiger partial charge in [-0.2, -0.15) is 0 Å². The summed E-state index contributed by atoms with van der Waals surface area (Å²) in [4.78, 5) is 29.5. The van der Waals surface area contributed by atoms with Gasteiger partial charge in [-0.05, 0) is 30.2 Å². The molecule has 4 nitrogen and oxygen atoms in total. The molecule has 20 heavy (non-hydrogen) atoms. The van der Waals surface area contributed by atoms with E-state index in [0.717, 1.165) is 17.5 Å². The van der Waals surface area contributed by atoms with E-state index in [1.54, 1.807) is 29.3 Å². The number of aldehydes is 1. The number of benzene rings is 1. The Kier molecular flexibility index (Phi) is 3.29. The minimum atomic E-state index is -0.0272. The van der Waals surface area contributed by atoms with E-state index in [1.165, 1.54) is 0 Å². The highest BCUT2D eigenvalue weighted by molar-refractivity contribution is 5.99. The van der Waals surface area contributed by atoms with Crippen molar-refractivity contribution in [1.82, 2.24) is 9.88 Å². The minimum absolute atomic E-state index is 0.0272. The lowest BCUT2D eigenvalue weighted by Crippen LogP contribution is -2.37. The Morgan fingerprint density at radius 1 is 1.20 bits per heavy atom. The summed E-state index contributed by atoms with van der Waals surface area (Å²) >= 11 is 0. The average Bonchev–Trinajstić information content (AvgIpc) is 2.51. The molecule has 4 heteroatoms. The zero-order valence-electron chi connectivity index (χ0n) is 11.0. The molecular formula is C16H14N2O2. The molecule has 0 fully saturated rings. The molecule has 3 rings (SSSR count). The first-order chi connectivity index (χ1) is 9.79. The number of rotatable bonds is 3. The third kappa shape index (κ3) is 2.20. The van der Waals surface area contributed by atoms with Crippen LogP contribution in [0.15, 0.2) is 42.6 Å². The molecule has 0 radical (unpaired) electrons. The summed E-state index contributed by atoms with van der Waals surface area (Å²) in [7, 11) is 0. The van der Waals surface area contributed by atoms with Crippen LogP contribution in [0.25, 0.3) is 0 Å². The second kappa shape index (κ2) is 5.25. The Morgan fingerprint density at radius 3 is 2.85 bits per heavy atom. The van der Waals surface area contributed by atoms with Crippen LogP contribution in [0.1, 0.15) is 32.0 Å². The molecule has 0 saturated heterocycles. The van der Waals surface area contributed by atoms with E-state index in [9.17, 15) is 9.59 Å². The molecule has 2 aromatic rings. The van der Waals surface area contributed by atoms with Gasteiger partial charge in [-0.1, -0.05) is 18.2 Å². The molecular weight excluding hydrogens is 252 g/mol. The van der Waals surface area contributed by atoms with Crippen molar-refractivity contribution in [1.29, 1.82) is 0 Å². The van der Waals surface area contributed by atoms with E-state index in [-0.39, 0.29) is 5.91 Å². The first kappa shape index (κ1) is 12.5. The van der Waals surface area contributed by atoms with Crippen molar-refractivity contribution in [2.75, 3.05) is 6.54 Å². The summed E-state index contributed by atoms with van der Waals surface area (Å²) in [6, 6.07) is 11.0. The normalized spacial score (nSPS) is 14.0. The van der Waals surface area contributed by atoms with Gasteiger partial charge in [0.1, 0.15) is 6.29 Å². The number of hydrogen-bond donors (Lipinski definition) is 0. The molecule has 0 bridgehead atoms. The van der Waals surface area contributed by atoms with Crippen molar-refractivity contribution < 1.29 is 9.59 Å². The van der Waals surface area contributed by atoms with Crippen molar-refractivity contribution in [3.63, 3.8) is 0 Å². The number of hydrogen-bond acceptors (Lipinski definition) is 3. The standard InChI is InChI=1S/C16H14N2O2/c19-11-12-4-3-6-15-14(12)7-9-18(16(15)20)10-13-5-1-2-8-17-13/h1-6,8,11H,7,9-10H2. The molecule has 0 spiro atoms. The highest BCUT2D eigenvalue weighted by atomic mass is 16.2. The number of amides is 1. The second-order valence-electron chi connectivity index (χ2n) is 4.79. The molecule has 0 aliphatic carbocycles. The van der Waals surface area contributed by atoms with E-state index in [1.807, 2.05) is 18.2 Å². The quantitative estimate of drug-likeness (QED) is 0.799. The third-order valence-electron chi connectivity index (χ3n) is 3.57. The van der Waals surface area contributed by atoms with Crippen molar-refractivity contribution in [3.8, 4) is 0 Å². The van der Waals surface area contributed by atoms with Crippen LogP contribution in [-0.4, -0.2) is 28.6 Å². The van der Waals surface area contributed by atoms with Gasteiger partial charge in [-0.3, -0.25) is 14.6 Å². The lowest BCUT2D eigenvalue weighted by molar-refractivity contribution is 0.0724.